The molecule has 0 spiro atoms. The van der Waals surface area contributed by atoms with Gasteiger partial charge in [0, 0.05) is 47.5 Å². The van der Waals surface area contributed by atoms with Gasteiger partial charge in [-0.3, -0.25) is 4.79 Å². The van der Waals surface area contributed by atoms with E-state index in [1.807, 2.05) is 31.2 Å². The maximum atomic E-state index is 12.4. The van der Waals surface area contributed by atoms with Gasteiger partial charge in [0.05, 0.1) is 6.61 Å². The number of anilines is 2. The molecule has 4 rings (SSSR count). The van der Waals surface area contributed by atoms with Crippen molar-refractivity contribution in [1.82, 2.24) is 4.98 Å². The third-order valence-electron chi connectivity index (χ3n) is 5.70. The van der Waals surface area contributed by atoms with Crippen LogP contribution in [0.1, 0.15) is 32.3 Å². The number of rotatable bonds is 6. The summed E-state index contributed by atoms with van der Waals surface area (Å²) in [5, 5.41) is 4.35. The summed E-state index contributed by atoms with van der Waals surface area (Å²) in [6.07, 6.45) is 2.52. The summed E-state index contributed by atoms with van der Waals surface area (Å²) in [6, 6.07) is 16.2. The Morgan fingerprint density at radius 1 is 1.10 bits per heavy atom. The summed E-state index contributed by atoms with van der Waals surface area (Å²) in [6.45, 7) is 7.65. The largest absolute Gasteiger partial charge is 0.494 e. The van der Waals surface area contributed by atoms with Gasteiger partial charge < -0.3 is 19.9 Å². The van der Waals surface area contributed by atoms with Gasteiger partial charge in [-0.1, -0.05) is 6.92 Å². The first-order chi connectivity index (χ1) is 14.1. The second-order valence-corrected chi connectivity index (χ2v) is 7.88. The molecule has 2 N–H and O–H groups in total. The summed E-state index contributed by atoms with van der Waals surface area (Å²) in [7, 11) is 0. The molecule has 1 fully saturated rings. The van der Waals surface area contributed by atoms with Crippen molar-refractivity contribution in [2.45, 2.75) is 33.2 Å². The lowest BCUT2D eigenvalue weighted by Crippen LogP contribution is -2.32. The van der Waals surface area contributed by atoms with Crippen LogP contribution in [-0.4, -0.2) is 24.7 Å². The fourth-order valence-corrected chi connectivity index (χ4v) is 3.87. The van der Waals surface area contributed by atoms with Gasteiger partial charge >= 0.3 is 0 Å². The average Bonchev–Trinajstić information content (AvgIpc) is 2.74. The molecule has 152 valence electrons. The Morgan fingerprint density at radius 3 is 2.59 bits per heavy atom. The predicted octanol–water partition coefficient (Wildman–Crippen LogP) is 4.78. The van der Waals surface area contributed by atoms with E-state index in [1.165, 1.54) is 18.5 Å². The molecule has 5 heteroatoms. The molecule has 0 saturated carbocycles. The Hall–Kier alpha value is -2.95. The van der Waals surface area contributed by atoms with E-state index in [4.69, 9.17) is 4.74 Å². The number of piperidine rings is 1. The number of nitrogens with zero attached hydrogens (tertiary/aromatic N) is 1. The molecule has 0 atom stereocenters. The molecule has 1 aliphatic rings. The van der Waals surface area contributed by atoms with E-state index in [-0.39, 0.29) is 5.56 Å². The van der Waals surface area contributed by atoms with Crippen LogP contribution in [0, 0.1) is 5.92 Å². The quantitative estimate of drug-likeness (QED) is 0.635. The van der Waals surface area contributed by atoms with E-state index in [0.29, 0.717) is 18.7 Å². The van der Waals surface area contributed by atoms with Crippen molar-refractivity contribution in [1.29, 1.82) is 0 Å². The lowest BCUT2D eigenvalue weighted by molar-refractivity contribution is 0.340. The number of hydrogen-bond acceptors (Lipinski definition) is 4. The maximum absolute atomic E-state index is 12.4. The first-order valence-electron chi connectivity index (χ1n) is 10.5. The predicted molar refractivity (Wildman–Crippen MR) is 120 cm³/mol. The van der Waals surface area contributed by atoms with Crippen molar-refractivity contribution in [3.8, 4) is 5.75 Å². The van der Waals surface area contributed by atoms with Crippen LogP contribution in [0.25, 0.3) is 10.9 Å². The molecule has 29 heavy (non-hydrogen) atoms. The van der Waals surface area contributed by atoms with Crippen molar-refractivity contribution in [2.75, 3.05) is 29.9 Å². The fourth-order valence-electron chi connectivity index (χ4n) is 3.87. The van der Waals surface area contributed by atoms with Crippen molar-refractivity contribution in [2.24, 2.45) is 5.92 Å². The topological polar surface area (TPSA) is 57.4 Å². The minimum absolute atomic E-state index is 0.0618. The lowest BCUT2D eigenvalue weighted by atomic mass is 9.99. The van der Waals surface area contributed by atoms with Gasteiger partial charge in [0.15, 0.2) is 0 Å². The standard InChI is InChI=1S/C24H29N3O2/c1-3-29-22-8-9-23-18(15-22)14-19(24(28)26-23)16-25-20-4-6-21(7-5-20)27-12-10-17(2)11-13-27/h4-9,14-15,17,25H,3,10-13,16H2,1-2H3,(H,26,28). The van der Waals surface area contributed by atoms with Crippen LogP contribution >= 0.6 is 0 Å². The summed E-state index contributed by atoms with van der Waals surface area (Å²) < 4.78 is 5.57. The molecule has 0 aliphatic carbocycles. The van der Waals surface area contributed by atoms with E-state index in [0.717, 1.165) is 41.3 Å². The van der Waals surface area contributed by atoms with Gasteiger partial charge in [-0.25, -0.2) is 0 Å². The Labute approximate surface area is 171 Å². The zero-order chi connectivity index (χ0) is 20.2. The number of aromatic nitrogens is 1. The van der Waals surface area contributed by atoms with Crippen LogP contribution in [0.15, 0.2) is 53.3 Å². The molecule has 1 saturated heterocycles. The third kappa shape index (κ3) is 4.56. The van der Waals surface area contributed by atoms with E-state index >= 15 is 0 Å². The lowest BCUT2D eigenvalue weighted by Gasteiger charge is -2.32. The first kappa shape index (κ1) is 19.4. The molecule has 2 aromatic carbocycles. The summed E-state index contributed by atoms with van der Waals surface area (Å²) in [5.74, 6) is 1.64. The molecule has 0 unspecified atom stereocenters. The van der Waals surface area contributed by atoms with Crippen LogP contribution in [0.2, 0.25) is 0 Å². The molecule has 0 bridgehead atoms. The molecule has 1 aromatic heterocycles. The normalized spacial score (nSPS) is 14.9. The van der Waals surface area contributed by atoms with Crippen molar-refractivity contribution < 1.29 is 4.74 Å². The van der Waals surface area contributed by atoms with Gasteiger partial charge in [0.25, 0.3) is 5.56 Å². The highest BCUT2D eigenvalue weighted by atomic mass is 16.5. The van der Waals surface area contributed by atoms with Crippen LogP contribution in [0.5, 0.6) is 5.75 Å². The summed E-state index contributed by atoms with van der Waals surface area (Å²) in [4.78, 5) is 17.8. The van der Waals surface area contributed by atoms with Crippen LogP contribution in [-0.2, 0) is 6.54 Å². The summed E-state index contributed by atoms with van der Waals surface area (Å²) >= 11 is 0. The highest BCUT2D eigenvalue weighted by Gasteiger charge is 2.15. The third-order valence-corrected chi connectivity index (χ3v) is 5.70. The van der Waals surface area contributed by atoms with Crippen molar-refractivity contribution in [3.63, 3.8) is 0 Å². The maximum Gasteiger partial charge on any atom is 0.253 e. The number of fused-ring (bicyclic) bond motifs is 1. The van der Waals surface area contributed by atoms with E-state index in [1.54, 1.807) is 0 Å². The van der Waals surface area contributed by atoms with Crippen LogP contribution in [0.3, 0.4) is 0 Å². The Bertz CT molecular complexity index is 1020. The van der Waals surface area contributed by atoms with Gasteiger partial charge in [-0.15, -0.1) is 0 Å². The Balaban J connectivity index is 1.44. The van der Waals surface area contributed by atoms with Crippen molar-refractivity contribution in [3.05, 3.63) is 64.4 Å². The monoisotopic (exact) mass is 391 g/mol. The second kappa shape index (κ2) is 8.60. The zero-order valence-electron chi connectivity index (χ0n) is 17.2. The SMILES string of the molecule is CCOc1ccc2[nH]c(=O)c(CNc3ccc(N4CCC(C)CC4)cc3)cc2c1. The number of pyridine rings is 1. The average molecular weight is 392 g/mol. The van der Waals surface area contributed by atoms with Gasteiger partial charge in [0.2, 0.25) is 0 Å². The molecule has 2 heterocycles. The number of benzene rings is 2. The smallest absolute Gasteiger partial charge is 0.253 e. The number of nitrogens with one attached hydrogen (secondary N) is 2. The van der Waals surface area contributed by atoms with Crippen LogP contribution in [0.4, 0.5) is 11.4 Å². The molecule has 1 aliphatic heterocycles. The number of ether oxygens (including phenoxy) is 1. The van der Waals surface area contributed by atoms with E-state index in [9.17, 15) is 4.79 Å². The van der Waals surface area contributed by atoms with Gasteiger partial charge in [-0.05, 0) is 74.2 Å². The number of H-pyrrole nitrogens is 1. The Morgan fingerprint density at radius 2 is 1.86 bits per heavy atom. The highest BCUT2D eigenvalue weighted by molar-refractivity contribution is 5.80. The first-order valence-corrected chi connectivity index (χ1v) is 10.5. The zero-order valence-corrected chi connectivity index (χ0v) is 17.2. The minimum atomic E-state index is -0.0618. The molecule has 0 amide bonds. The molecule has 0 radical (unpaired) electrons. The van der Waals surface area contributed by atoms with E-state index in [2.05, 4.69) is 46.4 Å². The highest BCUT2D eigenvalue weighted by Crippen LogP contribution is 2.24. The molecule has 3 aromatic rings. The minimum Gasteiger partial charge on any atom is -0.494 e. The van der Waals surface area contributed by atoms with Gasteiger partial charge in [0.1, 0.15) is 5.75 Å². The van der Waals surface area contributed by atoms with Crippen LogP contribution < -0.4 is 20.5 Å². The number of hydrogen-bond donors (Lipinski definition) is 2. The second-order valence-electron chi connectivity index (χ2n) is 7.88. The molecule has 5 nitrogen and oxygen atoms in total. The fraction of sp³-hybridized carbons (Fsp3) is 0.375. The molecular weight excluding hydrogens is 362 g/mol. The van der Waals surface area contributed by atoms with Gasteiger partial charge in [-0.2, -0.15) is 0 Å². The summed E-state index contributed by atoms with van der Waals surface area (Å²) in [5.41, 5.74) is 3.76. The molecular formula is C24H29N3O2. The van der Waals surface area contributed by atoms with Crippen molar-refractivity contribution >= 4 is 22.3 Å². The van der Waals surface area contributed by atoms with E-state index < -0.39 is 0 Å². The number of aromatic amines is 1. The Kier molecular flexibility index (Phi) is 5.74.